The minimum Gasteiger partial charge on any atom is -0.311 e. The van der Waals surface area contributed by atoms with E-state index in [1.807, 2.05) is 24.6 Å². The molecule has 0 fully saturated rings. The molecule has 14 heavy (non-hydrogen) atoms. The Bertz CT molecular complexity index is 317. The number of aromatic nitrogens is 2. The van der Waals surface area contributed by atoms with Gasteiger partial charge in [0.2, 0.25) is 0 Å². The van der Waals surface area contributed by atoms with Crippen molar-refractivity contribution in [3.05, 3.63) is 29.1 Å². The molecule has 0 aliphatic heterocycles. The molecule has 0 saturated carbocycles. The zero-order valence-corrected chi connectivity index (χ0v) is 9.43. The first-order valence-electron chi connectivity index (χ1n) is 4.68. The number of nitrogens with one attached hydrogen (secondary N) is 1. The monoisotopic (exact) mass is 213 g/mol. The summed E-state index contributed by atoms with van der Waals surface area (Å²) >= 11 is 6.02. The minimum atomic E-state index is 0.772. The van der Waals surface area contributed by atoms with Gasteiger partial charge in [-0.15, -0.1) is 6.58 Å². The van der Waals surface area contributed by atoms with Crippen LogP contribution in [-0.2, 0) is 6.54 Å². The van der Waals surface area contributed by atoms with E-state index in [1.54, 1.807) is 0 Å². The van der Waals surface area contributed by atoms with Gasteiger partial charge in [0.15, 0.2) is 0 Å². The van der Waals surface area contributed by atoms with Crippen molar-refractivity contribution >= 4 is 11.6 Å². The quantitative estimate of drug-likeness (QED) is 0.599. The van der Waals surface area contributed by atoms with Gasteiger partial charge in [0.05, 0.1) is 23.0 Å². The second-order valence-electron chi connectivity index (χ2n) is 3.20. The molecular formula is C10H16ClN3. The van der Waals surface area contributed by atoms with Crippen molar-refractivity contribution in [2.24, 2.45) is 0 Å². The molecule has 3 nitrogen and oxygen atoms in total. The van der Waals surface area contributed by atoms with E-state index in [0.717, 1.165) is 36.0 Å². The summed E-state index contributed by atoms with van der Waals surface area (Å²) in [6.07, 6.45) is 1.84. The predicted molar refractivity (Wildman–Crippen MR) is 59.8 cm³/mol. The molecule has 0 unspecified atom stereocenters. The first-order valence-corrected chi connectivity index (χ1v) is 5.05. The number of halogens is 1. The Morgan fingerprint density at radius 3 is 2.79 bits per heavy atom. The Labute approximate surface area is 89.8 Å². The zero-order valence-electron chi connectivity index (χ0n) is 8.68. The second kappa shape index (κ2) is 5.17. The number of rotatable bonds is 5. The summed E-state index contributed by atoms with van der Waals surface area (Å²) in [4.78, 5) is 0. The molecule has 0 aliphatic carbocycles. The lowest BCUT2D eigenvalue weighted by Crippen LogP contribution is -2.20. The third kappa shape index (κ3) is 2.59. The summed E-state index contributed by atoms with van der Waals surface area (Å²) in [6.45, 7) is 10.1. The standard InChI is InChI=1S/C10H16ClN3/c1-4-5-12-6-7-14-9(3)10(11)8(2)13-14/h4,12H,1,5-7H2,2-3H3. The molecule has 1 aromatic rings. The maximum Gasteiger partial charge on any atom is 0.0844 e. The van der Waals surface area contributed by atoms with Crippen LogP contribution in [0, 0.1) is 13.8 Å². The molecule has 78 valence electrons. The van der Waals surface area contributed by atoms with E-state index in [2.05, 4.69) is 17.0 Å². The van der Waals surface area contributed by atoms with Crippen LogP contribution in [-0.4, -0.2) is 22.9 Å². The fourth-order valence-electron chi connectivity index (χ4n) is 1.28. The van der Waals surface area contributed by atoms with Crippen LogP contribution in [0.2, 0.25) is 5.02 Å². The third-order valence-electron chi connectivity index (χ3n) is 2.08. The fraction of sp³-hybridized carbons (Fsp3) is 0.500. The Kier molecular flexibility index (Phi) is 4.17. The highest BCUT2D eigenvalue weighted by molar-refractivity contribution is 6.31. The molecule has 4 heteroatoms. The maximum atomic E-state index is 6.02. The lowest BCUT2D eigenvalue weighted by molar-refractivity contribution is 0.558. The highest BCUT2D eigenvalue weighted by atomic mass is 35.5. The molecule has 0 bridgehead atoms. The summed E-state index contributed by atoms with van der Waals surface area (Å²) in [5, 5.41) is 8.32. The molecular weight excluding hydrogens is 198 g/mol. The van der Waals surface area contributed by atoms with Gasteiger partial charge in [0.1, 0.15) is 0 Å². The van der Waals surface area contributed by atoms with Crippen molar-refractivity contribution in [2.45, 2.75) is 20.4 Å². The Morgan fingerprint density at radius 2 is 2.29 bits per heavy atom. The summed E-state index contributed by atoms with van der Waals surface area (Å²) in [5.74, 6) is 0. The van der Waals surface area contributed by atoms with E-state index in [1.165, 1.54) is 0 Å². The molecule has 0 radical (unpaired) electrons. The van der Waals surface area contributed by atoms with E-state index >= 15 is 0 Å². The fourth-order valence-corrected chi connectivity index (χ4v) is 1.42. The highest BCUT2D eigenvalue weighted by Crippen LogP contribution is 2.18. The summed E-state index contributed by atoms with van der Waals surface area (Å²) in [5.41, 5.74) is 1.93. The van der Waals surface area contributed by atoms with E-state index in [-0.39, 0.29) is 0 Å². The van der Waals surface area contributed by atoms with E-state index in [4.69, 9.17) is 11.6 Å². The van der Waals surface area contributed by atoms with Crippen molar-refractivity contribution in [3.8, 4) is 0 Å². The highest BCUT2D eigenvalue weighted by Gasteiger charge is 2.07. The molecule has 1 heterocycles. The second-order valence-corrected chi connectivity index (χ2v) is 3.58. The van der Waals surface area contributed by atoms with E-state index in [0.29, 0.717) is 0 Å². The Hall–Kier alpha value is -0.800. The Balaban J connectivity index is 2.50. The van der Waals surface area contributed by atoms with Gasteiger partial charge in [-0.1, -0.05) is 17.7 Å². The van der Waals surface area contributed by atoms with Crippen LogP contribution in [0.1, 0.15) is 11.4 Å². The summed E-state index contributed by atoms with van der Waals surface area (Å²) < 4.78 is 1.92. The topological polar surface area (TPSA) is 29.9 Å². The smallest absolute Gasteiger partial charge is 0.0844 e. The molecule has 0 aliphatic rings. The number of hydrogen-bond acceptors (Lipinski definition) is 2. The van der Waals surface area contributed by atoms with Gasteiger partial charge in [-0.3, -0.25) is 4.68 Å². The van der Waals surface area contributed by atoms with Gasteiger partial charge in [0.25, 0.3) is 0 Å². The number of hydrogen-bond donors (Lipinski definition) is 1. The van der Waals surface area contributed by atoms with Crippen molar-refractivity contribution in [1.29, 1.82) is 0 Å². The summed E-state index contributed by atoms with van der Waals surface area (Å²) in [7, 11) is 0. The molecule has 0 saturated heterocycles. The van der Waals surface area contributed by atoms with Gasteiger partial charge in [-0.25, -0.2) is 0 Å². The SMILES string of the molecule is C=CCNCCn1nc(C)c(Cl)c1C. The van der Waals surface area contributed by atoms with Crippen LogP contribution in [0.25, 0.3) is 0 Å². The summed E-state index contributed by atoms with van der Waals surface area (Å²) in [6, 6.07) is 0. The molecule has 0 amide bonds. The first-order chi connectivity index (χ1) is 6.66. The van der Waals surface area contributed by atoms with Gasteiger partial charge in [0, 0.05) is 13.1 Å². The average molecular weight is 214 g/mol. The van der Waals surface area contributed by atoms with Crippen LogP contribution in [0.15, 0.2) is 12.7 Å². The zero-order chi connectivity index (χ0) is 10.6. The molecule has 0 atom stereocenters. The van der Waals surface area contributed by atoms with Crippen molar-refractivity contribution in [2.75, 3.05) is 13.1 Å². The first kappa shape index (κ1) is 11.3. The van der Waals surface area contributed by atoms with Gasteiger partial charge >= 0.3 is 0 Å². The average Bonchev–Trinajstić information content (AvgIpc) is 2.41. The lowest BCUT2D eigenvalue weighted by atomic mass is 10.4. The van der Waals surface area contributed by atoms with Gasteiger partial charge < -0.3 is 5.32 Å². The van der Waals surface area contributed by atoms with Crippen molar-refractivity contribution < 1.29 is 0 Å². The largest absolute Gasteiger partial charge is 0.311 e. The molecule has 0 spiro atoms. The van der Waals surface area contributed by atoms with Crippen LogP contribution in [0.4, 0.5) is 0 Å². The molecule has 1 aromatic heterocycles. The van der Waals surface area contributed by atoms with Crippen molar-refractivity contribution in [1.82, 2.24) is 15.1 Å². The molecule has 0 aromatic carbocycles. The van der Waals surface area contributed by atoms with Crippen LogP contribution in [0.5, 0.6) is 0 Å². The normalized spacial score (nSPS) is 10.5. The molecule has 1 N–H and O–H groups in total. The van der Waals surface area contributed by atoms with E-state index in [9.17, 15) is 0 Å². The van der Waals surface area contributed by atoms with Crippen LogP contribution < -0.4 is 5.32 Å². The van der Waals surface area contributed by atoms with Crippen molar-refractivity contribution in [3.63, 3.8) is 0 Å². The van der Waals surface area contributed by atoms with Crippen LogP contribution in [0.3, 0.4) is 0 Å². The predicted octanol–water partition coefficient (Wildman–Crippen LogP) is 1.93. The van der Waals surface area contributed by atoms with E-state index < -0.39 is 0 Å². The van der Waals surface area contributed by atoms with Gasteiger partial charge in [-0.2, -0.15) is 5.10 Å². The van der Waals surface area contributed by atoms with Crippen LogP contribution >= 0.6 is 11.6 Å². The molecule has 1 rings (SSSR count). The number of nitrogens with zero attached hydrogens (tertiary/aromatic N) is 2. The lowest BCUT2D eigenvalue weighted by Gasteiger charge is -2.04. The van der Waals surface area contributed by atoms with Gasteiger partial charge in [-0.05, 0) is 13.8 Å². The minimum absolute atomic E-state index is 0.772. The maximum absolute atomic E-state index is 6.02. The third-order valence-corrected chi connectivity index (χ3v) is 2.63. The number of aryl methyl sites for hydroxylation is 1. The Morgan fingerprint density at radius 1 is 1.57 bits per heavy atom.